The maximum Gasteiger partial charge on any atom is 0.158 e. The molecule has 0 bridgehead atoms. The molecule has 2 heterocycles. The number of aromatic nitrogens is 3. The summed E-state index contributed by atoms with van der Waals surface area (Å²) >= 11 is 0. The number of quaternary nitrogens is 1. The smallest absolute Gasteiger partial charge is 0.158 e. The highest BCUT2D eigenvalue weighted by Crippen LogP contribution is 2.23. The summed E-state index contributed by atoms with van der Waals surface area (Å²) in [6, 6.07) is 12.5. The molecule has 0 amide bonds. The Balaban J connectivity index is 1.93. The molecular formula is C21H30N5+. The van der Waals surface area contributed by atoms with Gasteiger partial charge in [-0.15, -0.1) is 0 Å². The van der Waals surface area contributed by atoms with E-state index in [1.807, 2.05) is 11.4 Å². The van der Waals surface area contributed by atoms with Crippen LogP contribution in [-0.2, 0) is 0 Å². The molecule has 5 heteroatoms. The van der Waals surface area contributed by atoms with E-state index in [-0.39, 0.29) is 5.41 Å². The highest BCUT2D eigenvalue weighted by atomic mass is 15.3. The zero-order valence-corrected chi connectivity index (χ0v) is 16.7. The van der Waals surface area contributed by atoms with Crippen molar-refractivity contribution in [3.05, 3.63) is 47.7 Å². The average Bonchev–Trinajstić information content (AvgIpc) is 2.95. The number of hydrogen-bond acceptors (Lipinski definition) is 3. The number of benzene rings is 1. The van der Waals surface area contributed by atoms with Gasteiger partial charge in [-0.05, 0) is 19.9 Å². The lowest BCUT2D eigenvalue weighted by molar-refractivity contribution is -0.865. The summed E-state index contributed by atoms with van der Waals surface area (Å²) in [4.78, 5) is 6.11. The largest absolute Gasteiger partial charge is 0.369 e. The van der Waals surface area contributed by atoms with Crippen molar-refractivity contribution in [2.45, 2.75) is 27.7 Å². The highest BCUT2D eigenvalue weighted by molar-refractivity contribution is 5.66. The molecule has 0 fully saturated rings. The molecule has 0 saturated carbocycles. The van der Waals surface area contributed by atoms with Gasteiger partial charge in [-0.3, -0.25) is 0 Å². The van der Waals surface area contributed by atoms with Gasteiger partial charge in [-0.2, -0.15) is 9.61 Å². The molecule has 0 spiro atoms. The Morgan fingerprint density at radius 1 is 1.12 bits per heavy atom. The molecule has 2 N–H and O–H groups in total. The van der Waals surface area contributed by atoms with Crippen LogP contribution < -0.4 is 10.2 Å². The molecule has 0 radical (unpaired) electrons. The fourth-order valence-corrected chi connectivity index (χ4v) is 3.52. The van der Waals surface area contributed by atoms with Crippen LogP contribution in [0.3, 0.4) is 0 Å². The van der Waals surface area contributed by atoms with Gasteiger partial charge in [0.2, 0.25) is 0 Å². The SMILES string of the molecule is Cc1cccc(-c2cc3nc(C)cc(NCC(C)(C)C[NH+](C)C)n3n2)c1. The van der Waals surface area contributed by atoms with Gasteiger partial charge < -0.3 is 10.2 Å². The Labute approximate surface area is 156 Å². The van der Waals surface area contributed by atoms with E-state index in [9.17, 15) is 0 Å². The molecule has 0 atom stereocenters. The van der Waals surface area contributed by atoms with E-state index < -0.39 is 0 Å². The molecule has 26 heavy (non-hydrogen) atoms. The molecule has 0 saturated heterocycles. The van der Waals surface area contributed by atoms with E-state index >= 15 is 0 Å². The fourth-order valence-electron chi connectivity index (χ4n) is 3.52. The van der Waals surface area contributed by atoms with Crippen molar-refractivity contribution in [3.8, 4) is 11.3 Å². The lowest BCUT2D eigenvalue weighted by atomic mass is 9.93. The summed E-state index contributed by atoms with van der Waals surface area (Å²) in [5.41, 5.74) is 5.36. The predicted octanol–water partition coefficient (Wildman–Crippen LogP) is 2.60. The van der Waals surface area contributed by atoms with Crippen molar-refractivity contribution in [2.24, 2.45) is 5.41 Å². The second kappa shape index (κ2) is 7.08. The molecule has 5 nitrogen and oxygen atoms in total. The molecule has 0 aliphatic heterocycles. The first-order valence-electron chi connectivity index (χ1n) is 9.21. The van der Waals surface area contributed by atoms with Gasteiger partial charge in [-0.25, -0.2) is 4.98 Å². The van der Waals surface area contributed by atoms with Crippen LogP contribution in [0, 0.1) is 19.3 Å². The quantitative estimate of drug-likeness (QED) is 0.717. The van der Waals surface area contributed by atoms with Crippen LogP contribution in [0.2, 0.25) is 0 Å². The first-order chi connectivity index (χ1) is 12.2. The van der Waals surface area contributed by atoms with Crippen molar-refractivity contribution < 1.29 is 4.90 Å². The van der Waals surface area contributed by atoms with Gasteiger partial charge in [0.15, 0.2) is 5.65 Å². The molecule has 138 valence electrons. The van der Waals surface area contributed by atoms with Gasteiger partial charge in [0.25, 0.3) is 0 Å². The maximum absolute atomic E-state index is 4.81. The average molecular weight is 353 g/mol. The van der Waals surface area contributed by atoms with Crippen molar-refractivity contribution >= 4 is 11.5 Å². The summed E-state index contributed by atoms with van der Waals surface area (Å²) in [6.07, 6.45) is 0. The number of hydrogen-bond donors (Lipinski definition) is 2. The van der Waals surface area contributed by atoms with Gasteiger partial charge >= 0.3 is 0 Å². The van der Waals surface area contributed by atoms with Gasteiger partial charge in [0.1, 0.15) is 5.82 Å². The van der Waals surface area contributed by atoms with Crippen LogP contribution in [0.25, 0.3) is 16.9 Å². The summed E-state index contributed by atoms with van der Waals surface area (Å²) in [7, 11) is 4.39. The second-order valence-corrected chi connectivity index (χ2v) is 8.35. The fraction of sp³-hybridized carbons (Fsp3) is 0.429. The second-order valence-electron chi connectivity index (χ2n) is 8.35. The Kier molecular flexibility index (Phi) is 5.01. The molecule has 0 unspecified atom stereocenters. The molecule has 2 aromatic heterocycles. The van der Waals surface area contributed by atoms with Crippen molar-refractivity contribution in [2.75, 3.05) is 32.5 Å². The number of fused-ring (bicyclic) bond motifs is 1. The third-order valence-electron chi connectivity index (χ3n) is 4.45. The van der Waals surface area contributed by atoms with Gasteiger partial charge in [0, 0.05) is 35.3 Å². The van der Waals surface area contributed by atoms with Crippen LogP contribution >= 0.6 is 0 Å². The Bertz CT molecular complexity index is 908. The normalized spacial score (nSPS) is 12.1. The van der Waals surface area contributed by atoms with E-state index in [2.05, 4.69) is 81.6 Å². The topological polar surface area (TPSA) is 46.7 Å². The number of aryl methyl sites for hydroxylation is 2. The molecule has 0 aliphatic rings. The summed E-state index contributed by atoms with van der Waals surface area (Å²) in [5, 5.41) is 8.41. The zero-order chi connectivity index (χ0) is 18.9. The Hall–Kier alpha value is -2.40. The molecule has 3 aromatic rings. The van der Waals surface area contributed by atoms with Crippen molar-refractivity contribution in [3.63, 3.8) is 0 Å². The van der Waals surface area contributed by atoms with Gasteiger partial charge in [-0.1, -0.05) is 37.6 Å². The summed E-state index contributed by atoms with van der Waals surface area (Å²) in [5.74, 6) is 0.994. The zero-order valence-electron chi connectivity index (χ0n) is 16.7. The number of anilines is 1. The molecule has 3 rings (SSSR count). The minimum absolute atomic E-state index is 0.189. The number of nitrogens with one attached hydrogen (secondary N) is 2. The van der Waals surface area contributed by atoms with Gasteiger partial charge in [0.05, 0.1) is 26.3 Å². The van der Waals surface area contributed by atoms with Crippen LogP contribution in [0.1, 0.15) is 25.1 Å². The predicted molar refractivity (Wildman–Crippen MR) is 108 cm³/mol. The number of rotatable bonds is 6. The first kappa shape index (κ1) is 18.4. The third-order valence-corrected chi connectivity index (χ3v) is 4.45. The third kappa shape index (κ3) is 4.22. The van der Waals surface area contributed by atoms with Crippen LogP contribution in [0.4, 0.5) is 5.82 Å². The van der Waals surface area contributed by atoms with E-state index in [4.69, 9.17) is 5.10 Å². The van der Waals surface area contributed by atoms with E-state index in [1.54, 1.807) is 0 Å². The van der Waals surface area contributed by atoms with Crippen molar-refractivity contribution in [1.29, 1.82) is 0 Å². The van der Waals surface area contributed by atoms with E-state index in [0.717, 1.165) is 41.5 Å². The van der Waals surface area contributed by atoms with E-state index in [1.165, 1.54) is 10.5 Å². The number of nitrogens with zero attached hydrogens (tertiary/aromatic N) is 3. The molecule has 0 aliphatic carbocycles. The Morgan fingerprint density at radius 3 is 2.58 bits per heavy atom. The van der Waals surface area contributed by atoms with E-state index in [0.29, 0.717) is 0 Å². The molecule has 1 aromatic carbocycles. The summed E-state index contributed by atoms with van der Waals surface area (Å²) in [6.45, 7) is 10.7. The van der Waals surface area contributed by atoms with Crippen molar-refractivity contribution in [1.82, 2.24) is 14.6 Å². The van der Waals surface area contributed by atoms with Crippen LogP contribution in [0.15, 0.2) is 36.4 Å². The lowest BCUT2D eigenvalue weighted by Crippen LogP contribution is -3.07. The minimum atomic E-state index is 0.189. The van der Waals surface area contributed by atoms with Crippen LogP contribution in [-0.4, -0.2) is 41.8 Å². The monoisotopic (exact) mass is 352 g/mol. The highest BCUT2D eigenvalue weighted by Gasteiger charge is 2.22. The first-order valence-corrected chi connectivity index (χ1v) is 9.21. The standard InChI is InChI=1S/C21H29N5/c1-15-8-7-9-17(10-15)18-12-20-23-16(2)11-19(26(20)24-18)22-13-21(3,4)14-25(5)6/h7-12,22H,13-14H2,1-6H3/p+1. The Morgan fingerprint density at radius 2 is 1.88 bits per heavy atom. The summed E-state index contributed by atoms with van der Waals surface area (Å²) < 4.78 is 1.92. The minimum Gasteiger partial charge on any atom is -0.369 e. The lowest BCUT2D eigenvalue weighted by Gasteiger charge is -2.26. The maximum atomic E-state index is 4.81. The van der Waals surface area contributed by atoms with Crippen LogP contribution in [0.5, 0.6) is 0 Å². The molecular weight excluding hydrogens is 322 g/mol.